The molecule has 0 aromatic carbocycles. The lowest BCUT2D eigenvalue weighted by molar-refractivity contribution is -0.141. The van der Waals surface area contributed by atoms with E-state index in [1.807, 2.05) is 0 Å². The minimum absolute atomic E-state index is 0.172. The van der Waals surface area contributed by atoms with Gasteiger partial charge in [0, 0.05) is 6.92 Å². The van der Waals surface area contributed by atoms with E-state index >= 15 is 0 Å². The van der Waals surface area contributed by atoms with Crippen molar-refractivity contribution >= 4 is 5.97 Å². The summed E-state index contributed by atoms with van der Waals surface area (Å²) in [4.78, 5) is 10.5. The van der Waals surface area contributed by atoms with Crippen molar-refractivity contribution in [1.82, 2.24) is 0 Å². The molecule has 2 nitrogen and oxygen atoms in total. The Hall–Kier alpha value is -1.05. The molecule has 0 heterocycles. The first kappa shape index (κ1) is 16.0. The van der Waals surface area contributed by atoms with E-state index in [4.69, 9.17) is 4.74 Å². The van der Waals surface area contributed by atoms with Crippen molar-refractivity contribution in [2.75, 3.05) is 6.61 Å². The van der Waals surface area contributed by atoms with E-state index in [-0.39, 0.29) is 5.97 Å². The van der Waals surface area contributed by atoms with E-state index in [1.54, 1.807) is 0 Å². The van der Waals surface area contributed by atoms with Crippen LogP contribution in [-0.2, 0) is 9.53 Å². The topological polar surface area (TPSA) is 26.3 Å². The van der Waals surface area contributed by atoms with Gasteiger partial charge in [0.05, 0.1) is 6.61 Å². The van der Waals surface area contributed by atoms with Crippen molar-refractivity contribution < 1.29 is 9.53 Å². The molecule has 0 atom stereocenters. The Morgan fingerprint density at radius 2 is 1.59 bits per heavy atom. The van der Waals surface area contributed by atoms with Crippen LogP contribution in [0.25, 0.3) is 0 Å². The molecule has 98 valence electrons. The van der Waals surface area contributed by atoms with Crippen LogP contribution in [-0.4, -0.2) is 12.6 Å². The van der Waals surface area contributed by atoms with Gasteiger partial charge in [0.25, 0.3) is 0 Å². The maximum Gasteiger partial charge on any atom is 0.302 e. The molecule has 17 heavy (non-hydrogen) atoms. The Kier molecular flexibility index (Phi) is 12.2. The summed E-state index contributed by atoms with van der Waals surface area (Å²) in [6, 6.07) is 0. The normalized spacial score (nSPS) is 11.4. The number of esters is 1. The second-order valence-corrected chi connectivity index (χ2v) is 4.16. The third kappa shape index (κ3) is 14.9. The fourth-order valence-corrected chi connectivity index (χ4v) is 1.53. The average molecular weight is 238 g/mol. The fraction of sp³-hybridized carbons (Fsp3) is 0.667. The van der Waals surface area contributed by atoms with Gasteiger partial charge >= 0.3 is 5.97 Å². The van der Waals surface area contributed by atoms with E-state index in [0.717, 1.165) is 25.7 Å². The molecule has 0 bridgehead atoms. The SMILES string of the molecule is C/C=C/CC/C=C/CCCCCCOC(C)=O. The number of rotatable bonds is 10. The van der Waals surface area contributed by atoms with Crippen LogP contribution in [0, 0.1) is 0 Å². The van der Waals surface area contributed by atoms with Crippen LogP contribution in [0.15, 0.2) is 24.3 Å². The molecule has 0 fully saturated rings. The third-order valence-corrected chi connectivity index (χ3v) is 2.47. The van der Waals surface area contributed by atoms with Crippen LogP contribution in [0.4, 0.5) is 0 Å². The summed E-state index contributed by atoms with van der Waals surface area (Å²) in [6.45, 7) is 4.09. The van der Waals surface area contributed by atoms with E-state index in [9.17, 15) is 4.79 Å². The van der Waals surface area contributed by atoms with E-state index in [0.29, 0.717) is 6.61 Å². The van der Waals surface area contributed by atoms with Gasteiger partial charge in [-0.25, -0.2) is 0 Å². The number of carbonyl (C=O) groups excluding carboxylic acids is 1. The summed E-state index contributed by atoms with van der Waals surface area (Å²) in [6.07, 6.45) is 16.9. The van der Waals surface area contributed by atoms with Gasteiger partial charge in [-0.05, 0) is 39.0 Å². The number of hydrogen-bond acceptors (Lipinski definition) is 2. The van der Waals surface area contributed by atoms with Crippen molar-refractivity contribution in [3.05, 3.63) is 24.3 Å². The molecule has 0 unspecified atom stereocenters. The molecule has 0 N–H and O–H groups in total. The maximum atomic E-state index is 10.5. The molecule has 0 saturated carbocycles. The number of allylic oxidation sites excluding steroid dienone is 4. The lowest BCUT2D eigenvalue weighted by Gasteiger charge is -2.00. The number of ether oxygens (including phenoxy) is 1. The van der Waals surface area contributed by atoms with Gasteiger partial charge in [-0.1, -0.05) is 37.1 Å². The summed E-state index contributed by atoms with van der Waals surface area (Å²) in [5.41, 5.74) is 0. The molecule has 0 amide bonds. The molecule has 0 aliphatic heterocycles. The highest BCUT2D eigenvalue weighted by molar-refractivity contribution is 5.65. The largest absolute Gasteiger partial charge is 0.466 e. The van der Waals surface area contributed by atoms with Crippen molar-refractivity contribution in [2.45, 2.75) is 58.8 Å². The van der Waals surface area contributed by atoms with Crippen LogP contribution in [0.1, 0.15) is 58.8 Å². The zero-order chi connectivity index (χ0) is 12.8. The standard InChI is InChI=1S/C15H26O2/c1-3-4-5-6-7-8-9-10-11-12-13-14-17-15(2)16/h3-4,7-8H,5-6,9-14H2,1-2H3/b4-3+,8-7+. The van der Waals surface area contributed by atoms with Crippen molar-refractivity contribution in [2.24, 2.45) is 0 Å². The van der Waals surface area contributed by atoms with Gasteiger partial charge in [-0.15, -0.1) is 0 Å². The molecule has 0 aromatic heterocycles. The number of carbonyl (C=O) groups is 1. The second-order valence-electron chi connectivity index (χ2n) is 4.16. The highest BCUT2D eigenvalue weighted by Gasteiger charge is 1.92. The molecular formula is C15H26O2. The Balaban J connectivity index is 3.10. The van der Waals surface area contributed by atoms with Crippen molar-refractivity contribution in [1.29, 1.82) is 0 Å². The van der Waals surface area contributed by atoms with Crippen LogP contribution in [0.3, 0.4) is 0 Å². The molecule has 0 aliphatic rings. The molecule has 0 aromatic rings. The quantitative estimate of drug-likeness (QED) is 0.320. The van der Waals surface area contributed by atoms with E-state index < -0.39 is 0 Å². The smallest absolute Gasteiger partial charge is 0.302 e. The summed E-state index contributed by atoms with van der Waals surface area (Å²) in [5, 5.41) is 0. The van der Waals surface area contributed by atoms with Crippen molar-refractivity contribution in [3.63, 3.8) is 0 Å². The summed E-state index contributed by atoms with van der Waals surface area (Å²) < 4.78 is 4.87. The average Bonchev–Trinajstić information content (AvgIpc) is 2.30. The first-order valence-electron chi connectivity index (χ1n) is 6.67. The maximum absolute atomic E-state index is 10.5. The molecule has 0 saturated heterocycles. The fourth-order valence-electron chi connectivity index (χ4n) is 1.53. The first-order valence-corrected chi connectivity index (χ1v) is 6.67. The first-order chi connectivity index (χ1) is 8.27. The van der Waals surface area contributed by atoms with Crippen molar-refractivity contribution in [3.8, 4) is 0 Å². The Labute approximate surface area is 106 Å². The molecule has 0 spiro atoms. The zero-order valence-corrected chi connectivity index (χ0v) is 11.3. The van der Waals surface area contributed by atoms with Crippen LogP contribution in [0.2, 0.25) is 0 Å². The molecule has 0 rings (SSSR count). The Morgan fingerprint density at radius 3 is 2.29 bits per heavy atom. The molecular weight excluding hydrogens is 212 g/mol. The summed E-state index contributed by atoms with van der Waals surface area (Å²) >= 11 is 0. The van der Waals surface area contributed by atoms with Gasteiger partial charge in [-0.2, -0.15) is 0 Å². The molecule has 0 radical (unpaired) electrons. The molecule has 0 aliphatic carbocycles. The Morgan fingerprint density at radius 1 is 0.941 bits per heavy atom. The Bertz CT molecular complexity index is 229. The van der Waals surface area contributed by atoms with Crippen LogP contribution >= 0.6 is 0 Å². The lowest BCUT2D eigenvalue weighted by atomic mass is 10.1. The van der Waals surface area contributed by atoms with Gasteiger partial charge in [0.15, 0.2) is 0 Å². The predicted molar refractivity (Wildman–Crippen MR) is 72.9 cm³/mol. The summed E-state index contributed by atoms with van der Waals surface area (Å²) in [7, 11) is 0. The van der Waals surface area contributed by atoms with Gasteiger partial charge in [0.2, 0.25) is 0 Å². The highest BCUT2D eigenvalue weighted by Crippen LogP contribution is 2.04. The minimum Gasteiger partial charge on any atom is -0.466 e. The van der Waals surface area contributed by atoms with Crippen LogP contribution < -0.4 is 0 Å². The van der Waals surface area contributed by atoms with Gasteiger partial charge < -0.3 is 4.74 Å². The second kappa shape index (κ2) is 13.0. The van der Waals surface area contributed by atoms with Crippen LogP contribution in [0.5, 0.6) is 0 Å². The van der Waals surface area contributed by atoms with Gasteiger partial charge in [0.1, 0.15) is 0 Å². The third-order valence-electron chi connectivity index (χ3n) is 2.47. The summed E-state index contributed by atoms with van der Waals surface area (Å²) in [5.74, 6) is -0.172. The lowest BCUT2D eigenvalue weighted by Crippen LogP contribution is -1.99. The predicted octanol–water partition coefficient (Wildman–Crippen LogP) is 4.41. The zero-order valence-electron chi connectivity index (χ0n) is 11.3. The van der Waals surface area contributed by atoms with E-state index in [1.165, 1.54) is 26.2 Å². The highest BCUT2D eigenvalue weighted by atomic mass is 16.5. The monoisotopic (exact) mass is 238 g/mol. The van der Waals surface area contributed by atoms with E-state index in [2.05, 4.69) is 31.2 Å². The number of unbranched alkanes of at least 4 members (excludes halogenated alkanes) is 5. The molecule has 2 heteroatoms. The minimum atomic E-state index is -0.172. The number of hydrogen-bond donors (Lipinski definition) is 0. The van der Waals surface area contributed by atoms with Gasteiger partial charge in [-0.3, -0.25) is 4.79 Å².